The van der Waals surface area contributed by atoms with Crippen molar-refractivity contribution in [3.8, 4) is 6.01 Å². The first-order chi connectivity index (χ1) is 9.63. The van der Waals surface area contributed by atoms with Crippen LogP contribution in [-0.4, -0.2) is 38.0 Å². The average molecular weight is 278 g/mol. The van der Waals surface area contributed by atoms with Crippen LogP contribution in [0.15, 0.2) is 16.9 Å². The van der Waals surface area contributed by atoms with Gasteiger partial charge in [0.05, 0.1) is 7.11 Å². The Bertz CT molecular complexity index is 662. The fraction of sp³-hybridized carbons (Fsp3) is 0.364. The van der Waals surface area contributed by atoms with Crippen LogP contribution < -0.4 is 15.6 Å². The number of hydrogen-bond donors (Lipinski definition) is 2. The molecule has 0 aliphatic carbocycles. The predicted octanol–water partition coefficient (Wildman–Crippen LogP) is 0.0323. The lowest BCUT2D eigenvalue weighted by Crippen LogP contribution is -2.26. The van der Waals surface area contributed by atoms with Crippen LogP contribution in [-0.2, 0) is 6.54 Å². The van der Waals surface area contributed by atoms with Crippen molar-refractivity contribution in [2.75, 3.05) is 12.4 Å². The first-order valence-corrected chi connectivity index (χ1v) is 6.00. The van der Waals surface area contributed by atoms with Gasteiger partial charge in [-0.15, -0.1) is 5.10 Å². The zero-order valence-corrected chi connectivity index (χ0v) is 11.1. The summed E-state index contributed by atoms with van der Waals surface area (Å²) in [4.78, 5) is 27.3. The number of carbonyl (C=O) groups excluding carboxylic acids is 1. The van der Waals surface area contributed by atoms with E-state index in [-0.39, 0.29) is 23.2 Å². The number of carbonyl (C=O) groups is 1. The van der Waals surface area contributed by atoms with Crippen molar-refractivity contribution < 1.29 is 9.53 Å². The first kappa shape index (κ1) is 13.7. The summed E-state index contributed by atoms with van der Waals surface area (Å²) in [6.07, 6.45) is 0.747. The largest absolute Gasteiger partial charge is 0.466 e. The highest BCUT2D eigenvalue weighted by Crippen LogP contribution is 2.05. The Morgan fingerprint density at radius 2 is 2.30 bits per heavy atom. The van der Waals surface area contributed by atoms with Gasteiger partial charge in [-0.1, -0.05) is 6.92 Å². The molecule has 2 N–H and O–H groups in total. The molecular formula is C11H14N6O3. The van der Waals surface area contributed by atoms with Crippen molar-refractivity contribution in [2.45, 2.75) is 19.9 Å². The Morgan fingerprint density at radius 1 is 1.50 bits per heavy atom. The normalized spacial score (nSPS) is 10.3. The summed E-state index contributed by atoms with van der Waals surface area (Å²) >= 11 is 0. The van der Waals surface area contributed by atoms with Gasteiger partial charge in [-0.3, -0.25) is 14.9 Å². The second-order valence-electron chi connectivity index (χ2n) is 3.90. The number of aryl methyl sites for hydroxylation is 1. The minimum Gasteiger partial charge on any atom is -0.466 e. The van der Waals surface area contributed by atoms with Gasteiger partial charge in [-0.2, -0.15) is 10.1 Å². The first-order valence-electron chi connectivity index (χ1n) is 6.00. The van der Waals surface area contributed by atoms with E-state index in [1.54, 1.807) is 0 Å². The van der Waals surface area contributed by atoms with E-state index in [9.17, 15) is 9.59 Å². The number of amides is 1. The second kappa shape index (κ2) is 5.95. The number of nitrogens with one attached hydrogen (secondary N) is 2. The zero-order valence-electron chi connectivity index (χ0n) is 11.1. The van der Waals surface area contributed by atoms with Gasteiger partial charge in [0.15, 0.2) is 0 Å². The summed E-state index contributed by atoms with van der Waals surface area (Å²) in [5, 5.41) is 12.6. The predicted molar refractivity (Wildman–Crippen MR) is 69.7 cm³/mol. The van der Waals surface area contributed by atoms with Crippen molar-refractivity contribution in [3.63, 3.8) is 0 Å². The molecule has 0 unspecified atom stereocenters. The third kappa shape index (κ3) is 2.99. The van der Waals surface area contributed by atoms with Crippen LogP contribution in [0.4, 0.5) is 5.95 Å². The SMILES string of the molecule is CCCn1nc(C(=O)Nc2nc(OC)n[nH]2)ccc1=O. The Morgan fingerprint density at radius 3 is 2.95 bits per heavy atom. The molecular weight excluding hydrogens is 264 g/mol. The van der Waals surface area contributed by atoms with E-state index in [1.807, 2.05) is 6.92 Å². The number of rotatable bonds is 5. The number of nitrogens with zero attached hydrogens (tertiary/aromatic N) is 4. The van der Waals surface area contributed by atoms with Crippen LogP contribution in [0.25, 0.3) is 0 Å². The Labute approximate surface area is 114 Å². The maximum Gasteiger partial charge on any atom is 0.336 e. The maximum atomic E-state index is 12.0. The number of ether oxygens (including phenoxy) is 1. The molecule has 2 rings (SSSR count). The van der Waals surface area contributed by atoms with Crippen molar-refractivity contribution in [1.29, 1.82) is 0 Å². The van der Waals surface area contributed by atoms with Crippen LogP contribution in [0.2, 0.25) is 0 Å². The summed E-state index contributed by atoms with van der Waals surface area (Å²) < 4.78 is 6.03. The van der Waals surface area contributed by atoms with Gasteiger partial charge >= 0.3 is 6.01 Å². The smallest absolute Gasteiger partial charge is 0.336 e. The lowest BCUT2D eigenvalue weighted by molar-refractivity contribution is 0.101. The standard InChI is InChI=1S/C11H14N6O3/c1-3-6-17-8(18)5-4-7(16-17)9(19)12-10-13-11(20-2)15-14-10/h4-5H,3,6H2,1-2H3,(H2,12,13,14,15,19). The molecule has 1 amide bonds. The summed E-state index contributed by atoms with van der Waals surface area (Å²) in [6.45, 7) is 2.37. The molecule has 0 aliphatic rings. The molecule has 20 heavy (non-hydrogen) atoms. The Kier molecular flexibility index (Phi) is 4.08. The third-order valence-corrected chi connectivity index (χ3v) is 2.41. The molecule has 9 heteroatoms. The van der Waals surface area contributed by atoms with Gasteiger partial charge in [-0.25, -0.2) is 9.78 Å². The number of anilines is 1. The summed E-state index contributed by atoms with van der Waals surface area (Å²) in [5.41, 5.74) is -0.127. The molecule has 0 spiro atoms. The molecule has 0 saturated heterocycles. The second-order valence-corrected chi connectivity index (χ2v) is 3.90. The fourth-order valence-electron chi connectivity index (χ4n) is 1.51. The van der Waals surface area contributed by atoms with Gasteiger partial charge in [0.1, 0.15) is 5.69 Å². The number of hydrogen-bond acceptors (Lipinski definition) is 6. The number of aromatic nitrogens is 5. The zero-order chi connectivity index (χ0) is 14.5. The summed E-state index contributed by atoms with van der Waals surface area (Å²) in [5.74, 6) is -0.351. The molecule has 0 bridgehead atoms. The van der Waals surface area contributed by atoms with Crippen molar-refractivity contribution in [1.82, 2.24) is 25.0 Å². The van der Waals surface area contributed by atoms with Gasteiger partial charge in [0, 0.05) is 12.6 Å². The van der Waals surface area contributed by atoms with E-state index in [2.05, 4.69) is 25.6 Å². The van der Waals surface area contributed by atoms with Gasteiger partial charge < -0.3 is 4.74 Å². The van der Waals surface area contributed by atoms with E-state index < -0.39 is 5.91 Å². The van der Waals surface area contributed by atoms with Gasteiger partial charge in [0.2, 0.25) is 5.95 Å². The highest BCUT2D eigenvalue weighted by molar-refractivity contribution is 6.01. The Hall–Kier alpha value is -2.71. The fourth-order valence-corrected chi connectivity index (χ4v) is 1.51. The molecule has 2 aromatic rings. The molecule has 2 heterocycles. The number of methoxy groups -OCH3 is 1. The molecule has 9 nitrogen and oxygen atoms in total. The molecule has 0 aromatic carbocycles. The van der Waals surface area contributed by atoms with Crippen molar-refractivity contribution in [3.05, 3.63) is 28.2 Å². The average Bonchev–Trinajstić information content (AvgIpc) is 2.89. The molecule has 0 atom stereocenters. The van der Waals surface area contributed by atoms with Crippen LogP contribution in [0.3, 0.4) is 0 Å². The van der Waals surface area contributed by atoms with Crippen molar-refractivity contribution in [2.24, 2.45) is 0 Å². The molecule has 2 aromatic heterocycles. The van der Waals surface area contributed by atoms with E-state index in [1.165, 1.54) is 23.9 Å². The molecule has 106 valence electrons. The third-order valence-electron chi connectivity index (χ3n) is 2.41. The molecule has 0 radical (unpaired) electrons. The van der Waals surface area contributed by atoms with Gasteiger partial charge in [0.25, 0.3) is 11.5 Å². The summed E-state index contributed by atoms with van der Waals surface area (Å²) in [7, 11) is 1.41. The monoisotopic (exact) mass is 278 g/mol. The molecule has 0 saturated carbocycles. The highest BCUT2D eigenvalue weighted by Gasteiger charge is 2.12. The van der Waals surface area contributed by atoms with Crippen LogP contribution in [0.1, 0.15) is 23.8 Å². The number of H-pyrrole nitrogens is 1. The van der Waals surface area contributed by atoms with E-state index in [4.69, 9.17) is 4.74 Å². The van der Waals surface area contributed by atoms with E-state index in [0.29, 0.717) is 6.54 Å². The molecule has 0 aliphatic heterocycles. The maximum absolute atomic E-state index is 12.0. The highest BCUT2D eigenvalue weighted by atomic mass is 16.5. The quantitative estimate of drug-likeness (QED) is 0.797. The molecule has 0 fully saturated rings. The van der Waals surface area contributed by atoms with Crippen LogP contribution in [0, 0.1) is 0 Å². The van der Waals surface area contributed by atoms with Crippen LogP contribution >= 0.6 is 0 Å². The van der Waals surface area contributed by atoms with Crippen LogP contribution in [0.5, 0.6) is 6.01 Å². The lowest BCUT2D eigenvalue weighted by atomic mass is 10.3. The minimum atomic E-state index is -0.492. The summed E-state index contributed by atoms with van der Waals surface area (Å²) in [6, 6.07) is 2.78. The topological polar surface area (TPSA) is 115 Å². The number of aromatic amines is 1. The van der Waals surface area contributed by atoms with Crippen molar-refractivity contribution >= 4 is 11.9 Å². The van der Waals surface area contributed by atoms with Gasteiger partial charge in [-0.05, 0) is 12.5 Å². The minimum absolute atomic E-state index is 0.115. The van der Waals surface area contributed by atoms with E-state index in [0.717, 1.165) is 6.42 Å². The Balaban J connectivity index is 2.16. The van der Waals surface area contributed by atoms with E-state index >= 15 is 0 Å². The lowest BCUT2D eigenvalue weighted by Gasteiger charge is -2.05.